The van der Waals surface area contributed by atoms with Crippen molar-refractivity contribution in [3.05, 3.63) is 28.5 Å². The zero-order valence-corrected chi connectivity index (χ0v) is 10.5. The topological polar surface area (TPSA) is 42.0 Å². The first-order valence-electron chi connectivity index (χ1n) is 5.55. The number of rotatable bonds is 5. The second-order valence-corrected chi connectivity index (χ2v) is 4.02. The van der Waals surface area contributed by atoms with Crippen molar-refractivity contribution in [1.29, 1.82) is 0 Å². The van der Waals surface area contributed by atoms with Gasteiger partial charge in [-0.25, -0.2) is 4.98 Å². The fraction of sp³-hybridized carbons (Fsp3) is 0.385. The lowest BCUT2D eigenvalue weighted by Crippen LogP contribution is -2.24. The second-order valence-electron chi connectivity index (χ2n) is 3.63. The van der Waals surface area contributed by atoms with Crippen molar-refractivity contribution in [3.8, 4) is 12.3 Å². The van der Waals surface area contributed by atoms with Gasteiger partial charge in [0.05, 0.1) is 0 Å². The van der Waals surface area contributed by atoms with Gasteiger partial charge >= 0.3 is 0 Å². The largest absolute Gasteiger partial charge is 0.351 e. The fourth-order valence-electron chi connectivity index (χ4n) is 1.42. The number of halogens is 1. The molecule has 1 aromatic heterocycles. The van der Waals surface area contributed by atoms with Crippen LogP contribution in [0.2, 0.25) is 5.15 Å². The molecule has 1 aromatic rings. The maximum atomic E-state index is 11.8. The minimum Gasteiger partial charge on any atom is -0.351 e. The van der Waals surface area contributed by atoms with Crippen LogP contribution in [-0.4, -0.2) is 17.4 Å². The van der Waals surface area contributed by atoms with E-state index in [9.17, 15) is 4.79 Å². The smallest absolute Gasteiger partial charge is 0.251 e. The number of aryl methyl sites for hydroxylation is 1. The Kier molecular flexibility index (Phi) is 5.51. The molecule has 0 fully saturated rings. The maximum absolute atomic E-state index is 11.8. The number of carbonyl (C=O) groups is 1. The van der Waals surface area contributed by atoms with E-state index in [2.05, 4.69) is 23.1 Å². The first kappa shape index (κ1) is 13.5. The van der Waals surface area contributed by atoms with Crippen LogP contribution < -0.4 is 5.32 Å². The van der Waals surface area contributed by atoms with E-state index in [-0.39, 0.29) is 5.91 Å². The van der Waals surface area contributed by atoms with Crippen LogP contribution in [0.3, 0.4) is 0 Å². The van der Waals surface area contributed by atoms with Crippen LogP contribution in [0.5, 0.6) is 0 Å². The van der Waals surface area contributed by atoms with Gasteiger partial charge in [0.25, 0.3) is 5.91 Å². The zero-order chi connectivity index (χ0) is 12.7. The van der Waals surface area contributed by atoms with E-state index in [1.807, 2.05) is 0 Å². The van der Waals surface area contributed by atoms with Crippen molar-refractivity contribution in [3.63, 3.8) is 0 Å². The van der Waals surface area contributed by atoms with Crippen LogP contribution in [0, 0.1) is 12.3 Å². The Morgan fingerprint density at radius 2 is 2.35 bits per heavy atom. The third kappa shape index (κ3) is 4.46. The van der Waals surface area contributed by atoms with Crippen molar-refractivity contribution in [2.45, 2.75) is 26.2 Å². The molecule has 0 aliphatic heterocycles. The van der Waals surface area contributed by atoms with Gasteiger partial charge in [-0.15, -0.1) is 12.3 Å². The van der Waals surface area contributed by atoms with E-state index in [0.29, 0.717) is 23.7 Å². The summed E-state index contributed by atoms with van der Waals surface area (Å²) < 4.78 is 0. The normalized spacial score (nSPS) is 9.71. The van der Waals surface area contributed by atoms with Crippen LogP contribution in [0.1, 0.15) is 35.8 Å². The van der Waals surface area contributed by atoms with Gasteiger partial charge in [0.2, 0.25) is 0 Å². The molecule has 0 atom stereocenters. The third-order valence-electron chi connectivity index (χ3n) is 2.17. The average molecular weight is 251 g/mol. The molecular weight excluding hydrogens is 236 g/mol. The Labute approximate surface area is 107 Å². The second kappa shape index (κ2) is 6.93. The molecule has 0 bridgehead atoms. The third-order valence-corrected chi connectivity index (χ3v) is 2.36. The van der Waals surface area contributed by atoms with Crippen molar-refractivity contribution in [2.75, 3.05) is 6.54 Å². The predicted octanol–water partition coefficient (Wildman–Crippen LogP) is 2.44. The highest BCUT2D eigenvalue weighted by molar-refractivity contribution is 6.29. The molecule has 4 heteroatoms. The lowest BCUT2D eigenvalue weighted by molar-refractivity contribution is 0.0954. The van der Waals surface area contributed by atoms with E-state index in [1.165, 1.54) is 0 Å². The molecular formula is C13H15ClN2O. The number of hydrogen-bond donors (Lipinski definition) is 1. The molecule has 17 heavy (non-hydrogen) atoms. The summed E-state index contributed by atoms with van der Waals surface area (Å²) >= 11 is 5.87. The van der Waals surface area contributed by atoms with Crippen LogP contribution in [-0.2, 0) is 6.42 Å². The van der Waals surface area contributed by atoms with E-state index < -0.39 is 0 Å². The molecule has 0 aromatic carbocycles. The molecule has 1 amide bonds. The van der Waals surface area contributed by atoms with Gasteiger partial charge < -0.3 is 5.32 Å². The van der Waals surface area contributed by atoms with Crippen LogP contribution in [0.15, 0.2) is 12.1 Å². The van der Waals surface area contributed by atoms with Crippen molar-refractivity contribution in [2.24, 2.45) is 0 Å². The highest BCUT2D eigenvalue weighted by atomic mass is 35.5. The van der Waals surface area contributed by atoms with Gasteiger partial charge in [-0.2, -0.15) is 0 Å². The molecule has 1 rings (SSSR count). The number of hydrogen-bond acceptors (Lipinski definition) is 2. The summed E-state index contributed by atoms with van der Waals surface area (Å²) in [6.45, 7) is 2.52. The summed E-state index contributed by atoms with van der Waals surface area (Å²) in [6.07, 6.45) is 7.40. The van der Waals surface area contributed by atoms with Crippen molar-refractivity contribution < 1.29 is 4.79 Å². The molecule has 0 saturated heterocycles. The van der Waals surface area contributed by atoms with Crippen LogP contribution in [0.4, 0.5) is 0 Å². The van der Waals surface area contributed by atoms with Crippen LogP contribution >= 0.6 is 11.6 Å². The Balaban J connectivity index is 2.75. The van der Waals surface area contributed by atoms with E-state index >= 15 is 0 Å². The van der Waals surface area contributed by atoms with E-state index in [0.717, 1.165) is 18.5 Å². The van der Waals surface area contributed by atoms with Gasteiger partial charge in [-0.1, -0.05) is 24.9 Å². The molecule has 0 aliphatic rings. The molecule has 0 aliphatic carbocycles. The zero-order valence-electron chi connectivity index (χ0n) is 9.79. The van der Waals surface area contributed by atoms with E-state index in [1.54, 1.807) is 12.1 Å². The highest BCUT2D eigenvalue weighted by Gasteiger charge is 2.08. The number of amides is 1. The van der Waals surface area contributed by atoms with Crippen LogP contribution in [0.25, 0.3) is 0 Å². The number of aromatic nitrogens is 1. The molecule has 0 spiro atoms. The monoisotopic (exact) mass is 250 g/mol. The number of terminal acetylenes is 1. The van der Waals surface area contributed by atoms with E-state index in [4.69, 9.17) is 18.0 Å². The Morgan fingerprint density at radius 3 is 3.00 bits per heavy atom. The number of carbonyl (C=O) groups excluding carboxylic acids is 1. The number of nitrogens with one attached hydrogen (secondary N) is 1. The molecule has 90 valence electrons. The molecule has 3 nitrogen and oxygen atoms in total. The molecule has 1 N–H and O–H groups in total. The standard InChI is InChI=1S/C13H15ClN2O/c1-3-5-7-15-13(17)10-8-11(6-4-2)16-12(14)9-10/h1,8-9H,4-7H2,2H3,(H,15,17). The lowest BCUT2D eigenvalue weighted by atomic mass is 10.1. The van der Waals surface area contributed by atoms with Crippen molar-refractivity contribution in [1.82, 2.24) is 10.3 Å². The fourth-order valence-corrected chi connectivity index (χ4v) is 1.64. The Hall–Kier alpha value is -1.53. The van der Waals surface area contributed by atoms with Crippen molar-refractivity contribution >= 4 is 17.5 Å². The molecule has 1 heterocycles. The maximum Gasteiger partial charge on any atom is 0.251 e. The van der Waals surface area contributed by atoms with Gasteiger partial charge in [-0.05, 0) is 18.6 Å². The summed E-state index contributed by atoms with van der Waals surface area (Å²) in [5.41, 5.74) is 1.37. The van der Waals surface area contributed by atoms with Gasteiger partial charge in [0, 0.05) is 24.2 Å². The number of pyridine rings is 1. The van der Waals surface area contributed by atoms with Gasteiger partial charge in [0.15, 0.2) is 0 Å². The molecule has 0 unspecified atom stereocenters. The summed E-state index contributed by atoms with van der Waals surface area (Å²) in [7, 11) is 0. The first-order chi connectivity index (χ1) is 8.17. The average Bonchev–Trinajstić information content (AvgIpc) is 2.29. The highest BCUT2D eigenvalue weighted by Crippen LogP contribution is 2.12. The SMILES string of the molecule is C#CCCNC(=O)c1cc(Cl)nc(CCC)c1. The summed E-state index contributed by atoms with van der Waals surface area (Å²) in [5.74, 6) is 2.30. The minimum atomic E-state index is -0.165. The Bertz CT molecular complexity index is 438. The lowest BCUT2D eigenvalue weighted by Gasteiger charge is -2.06. The molecule has 0 radical (unpaired) electrons. The van der Waals surface area contributed by atoms with Gasteiger partial charge in [-0.3, -0.25) is 4.79 Å². The van der Waals surface area contributed by atoms with Gasteiger partial charge in [0.1, 0.15) is 5.15 Å². The minimum absolute atomic E-state index is 0.165. The summed E-state index contributed by atoms with van der Waals surface area (Å²) in [6, 6.07) is 3.33. The Morgan fingerprint density at radius 1 is 1.59 bits per heavy atom. The number of nitrogens with zero attached hydrogens (tertiary/aromatic N) is 1. The quantitative estimate of drug-likeness (QED) is 0.496. The molecule has 0 saturated carbocycles. The summed E-state index contributed by atoms with van der Waals surface area (Å²) in [5, 5.41) is 3.07. The predicted molar refractivity (Wildman–Crippen MR) is 69.0 cm³/mol. The summed E-state index contributed by atoms with van der Waals surface area (Å²) in [4.78, 5) is 15.9. The first-order valence-corrected chi connectivity index (χ1v) is 5.93.